The molecule has 6 nitrogen and oxygen atoms in total. The third kappa shape index (κ3) is 3.09. The molecule has 1 aliphatic rings. The molecule has 2 N–H and O–H groups in total. The Bertz CT molecular complexity index is 987. The molecule has 0 atom stereocenters. The summed E-state index contributed by atoms with van der Waals surface area (Å²) in [4.78, 5) is 22.5. The van der Waals surface area contributed by atoms with Gasteiger partial charge in [-0.2, -0.15) is 4.98 Å². The van der Waals surface area contributed by atoms with Gasteiger partial charge in [-0.3, -0.25) is 0 Å². The number of fused-ring (bicyclic) bond motifs is 1. The molecular formula is C20H18N4O2. The molecule has 6 heteroatoms. The molecule has 4 rings (SSSR count). The van der Waals surface area contributed by atoms with Crippen molar-refractivity contribution in [2.24, 2.45) is 0 Å². The smallest absolute Gasteiger partial charge is 0.335 e. The summed E-state index contributed by atoms with van der Waals surface area (Å²) in [5.74, 6) is 0.327. The van der Waals surface area contributed by atoms with E-state index in [0.717, 1.165) is 24.3 Å². The first-order valence-corrected chi connectivity index (χ1v) is 8.42. The SMILES string of the molecule is Cc1cc(Nc2cccc(C(=O)O)c2)nc(N2CCc3ccccc32)n1. The van der Waals surface area contributed by atoms with Crippen LogP contribution in [0.2, 0.25) is 0 Å². The van der Waals surface area contributed by atoms with Gasteiger partial charge < -0.3 is 15.3 Å². The second-order valence-electron chi connectivity index (χ2n) is 6.24. The molecule has 1 aliphatic heterocycles. The van der Waals surface area contributed by atoms with Crippen LogP contribution in [0.5, 0.6) is 0 Å². The average Bonchev–Trinajstić information content (AvgIpc) is 3.05. The van der Waals surface area contributed by atoms with Gasteiger partial charge in [-0.25, -0.2) is 9.78 Å². The van der Waals surface area contributed by atoms with Crippen molar-refractivity contribution in [1.29, 1.82) is 0 Å². The highest BCUT2D eigenvalue weighted by atomic mass is 16.4. The van der Waals surface area contributed by atoms with Crippen LogP contribution in [-0.4, -0.2) is 27.6 Å². The van der Waals surface area contributed by atoms with E-state index in [1.807, 2.05) is 31.2 Å². The number of carboxylic acid groups (broad SMARTS) is 1. The van der Waals surface area contributed by atoms with Crippen LogP contribution in [0.1, 0.15) is 21.6 Å². The predicted molar refractivity (Wildman–Crippen MR) is 101 cm³/mol. The number of aromatic carboxylic acids is 1. The molecule has 2 aromatic carbocycles. The number of benzene rings is 2. The van der Waals surface area contributed by atoms with Gasteiger partial charge in [0.25, 0.3) is 0 Å². The van der Waals surface area contributed by atoms with Crippen LogP contribution >= 0.6 is 0 Å². The number of aryl methyl sites for hydroxylation is 1. The van der Waals surface area contributed by atoms with Crippen LogP contribution in [0, 0.1) is 6.92 Å². The molecule has 2 heterocycles. The van der Waals surface area contributed by atoms with Crippen molar-refractivity contribution in [3.8, 4) is 0 Å². The van der Waals surface area contributed by atoms with E-state index >= 15 is 0 Å². The molecule has 0 aliphatic carbocycles. The fraction of sp³-hybridized carbons (Fsp3) is 0.150. The Labute approximate surface area is 151 Å². The highest BCUT2D eigenvalue weighted by Gasteiger charge is 2.22. The van der Waals surface area contributed by atoms with E-state index in [2.05, 4.69) is 32.3 Å². The number of carboxylic acids is 1. The zero-order valence-electron chi connectivity index (χ0n) is 14.3. The van der Waals surface area contributed by atoms with E-state index < -0.39 is 5.97 Å². The number of nitrogens with one attached hydrogen (secondary N) is 1. The van der Waals surface area contributed by atoms with Crippen molar-refractivity contribution < 1.29 is 9.90 Å². The fourth-order valence-corrected chi connectivity index (χ4v) is 3.16. The maximum atomic E-state index is 11.1. The standard InChI is InChI=1S/C20H18N4O2/c1-13-11-18(22-16-7-4-6-15(12-16)19(25)26)23-20(21-13)24-10-9-14-5-2-3-8-17(14)24/h2-8,11-12H,9-10H2,1H3,(H,25,26)(H,21,22,23). The van der Waals surface area contributed by atoms with Gasteiger partial charge in [-0.1, -0.05) is 24.3 Å². The van der Waals surface area contributed by atoms with E-state index in [0.29, 0.717) is 17.5 Å². The molecular weight excluding hydrogens is 328 g/mol. The Kier molecular flexibility index (Phi) is 4.01. The number of aromatic nitrogens is 2. The zero-order valence-corrected chi connectivity index (χ0v) is 14.3. The Morgan fingerprint density at radius 3 is 2.81 bits per heavy atom. The molecule has 0 radical (unpaired) electrons. The molecule has 1 aromatic heterocycles. The summed E-state index contributed by atoms with van der Waals surface area (Å²) < 4.78 is 0. The van der Waals surface area contributed by atoms with E-state index in [9.17, 15) is 4.79 Å². The first-order valence-electron chi connectivity index (χ1n) is 8.42. The van der Waals surface area contributed by atoms with Crippen LogP contribution < -0.4 is 10.2 Å². The van der Waals surface area contributed by atoms with Crippen LogP contribution in [0.4, 0.5) is 23.1 Å². The second-order valence-corrected chi connectivity index (χ2v) is 6.24. The van der Waals surface area contributed by atoms with Crippen molar-refractivity contribution in [2.75, 3.05) is 16.8 Å². The number of hydrogen-bond acceptors (Lipinski definition) is 5. The number of rotatable bonds is 4. The number of nitrogens with zero attached hydrogens (tertiary/aromatic N) is 3. The van der Waals surface area contributed by atoms with Gasteiger partial charge in [0.05, 0.1) is 5.56 Å². The quantitative estimate of drug-likeness (QED) is 0.745. The van der Waals surface area contributed by atoms with Crippen molar-refractivity contribution in [3.05, 3.63) is 71.4 Å². The molecule has 130 valence electrons. The van der Waals surface area contributed by atoms with Gasteiger partial charge in [-0.15, -0.1) is 0 Å². The number of para-hydroxylation sites is 1. The number of carbonyl (C=O) groups is 1. The molecule has 0 saturated heterocycles. The summed E-state index contributed by atoms with van der Waals surface area (Å²) in [5.41, 5.74) is 4.18. The maximum Gasteiger partial charge on any atom is 0.335 e. The Morgan fingerprint density at radius 2 is 1.96 bits per heavy atom. The van der Waals surface area contributed by atoms with Crippen LogP contribution in [0.15, 0.2) is 54.6 Å². The van der Waals surface area contributed by atoms with E-state index in [-0.39, 0.29) is 5.56 Å². The predicted octanol–water partition coefficient (Wildman–Crippen LogP) is 3.92. The van der Waals surface area contributed by atoms with Gasteiger partial charge >= 0.3 is 5.97 Å². The van der Waals surface area contributed by atoms with Crippen LogP contribution in [0.3, 0.4) is 0 Å². The summed E-state index contributed by atoms with van der Waals surface area (Å²) in [6.07, 6.45) is 0.969. The van der Waals surface area contributed by atoms with Crippen LogP contribution in [-0.2, 0) is 6.42 Å². The lowest BCUT2D eigenvalue weighted by Crippen LogP contribution is -2.17. The minimum atomic E-state index is -0.957. The van der Waals surface area contributed by atoms with Crippen molar-refractivity contribution in [2.45, 2.75) is 13.3 Å². The van der Waals surface area contributed by atoms with Gasteiger partial charge in [0.15, 0.2) is 0 Å². The number of anilines is 4. The Morgan fingerprint density at radius 1 is 1.12 bits per heavy atom. The Hall–Kier alpha value is -3.41. The highest BCUT2D eigenvalue weighted by Crippen LogP contribution is 2.33. The van der Waals surface area contributed by atoms with Crippen molar-refractivity contribution >= 4 is 29.1 Å². The largest absolute Gasteiger partial charge is 0.478 e. The third-order valence-electron chi connectivity index (χ3n) is 4.35. The second kappa shape index (κ2) is 6.48. The van der Waals surface area contributed by atoms with Gasteiger partial charge in [0, 0.05) is 29.7 Å². The molecule has 0 bridgehead atoms. The highest BCUT2D eigenvalue weighted by molar-refractivity contribution is 5.89. The first-order chi connectivity index (χ1) is 12.6. The third-order valence-corrected chi connectivity index (χ3v) is 4.35. The Balaban J connectivity index is 1.65. The first kappa shape index (κ1) is 16.1. The van der Waals surface area contributed by atoms with E-state index in [4.69, 9.17) is 5.11 Å². The lowest BCUT2D eigenvalue weighted by Gasteiger charge is -2.18. The zero-order chi connectivity index (χ0) is 18.1. The van der Waals surface area contributed by atoms with Crippen molar-refractivity contribution in [1.82, 2.24) is 9.97 Å². The van der Waals surface area contributed by atoms with E-state index in [1.165, 1.54) is 5.56 Å². The topological polar surface area (TPSA) is 78.3 Å². The fourth-order valence-electron chi connectivity index (χ4n) is 3.16. The molecule has 0 unspecified atom stereocenters. The molecule has 0 fully saturated rings. The molecule has 3 aromatic rings. The molecule has 0 saturated carbocycles. The molecule has 26 heavy (non-hydrogen) atoms. The summed E-state index contributed by atoms with van der Waals surface area (Å²) >= 11 is 0. The lowest BCUT2D eigenvalue weighted by molar-refractivity contribution is 0.0697. The van der Waals surface area contributed by atoms with Gasteiger partial charge in [0.1, 0.15) is 5.82 Å². The summed E-state index contributed by atoms with van der Waals surface area (Å²) in [5, 5.41) is 12.3. The van der Waals surface area contributed by atoms with Crippen LogP contribution in [0.25, 0.3) is 0 Å². The minimum absolute atomic E-state index is 0.231. The van der Waals surface area contributed by atoms with Gasteiger partial charge in [0.2, 0.25) is 5.95 Å². The maximum absolute atomic E-state index is 11.1. The summed E-state index contributed by atoms with van der Waals surface area (Å²) in [6.45, 7) is 2.77. The summed E-state index contributed by atoms with van der Waals surface area (Å²) in [6, 6.07) is 16.8. The molecule has 0 spiro atoms. The lowest BCUT2D eigenvalue weighted by atomic mass is 10.2. The van der Waals surface area contributed by atoms with Gasteiger partial charge in [-0.05, 0) is 43.2 Å². The van der Waals surface area contributed by atoms with Crippen molar-refractivity contribution in [3.63, 3.8) is 0 Å². The monoisotopic (exact) mass is 346 g/mol. The summed E-state index contributed by atoms with van der Waals surface area (Å²) in [7, 11) is 0. The molecule has 0 amide bonds. The average molecular weight is 346 g/mol. The number of hydrogen-bond donors (Lipinski definition) is 2. The van der Waals surface area contributed by atoms with E-state index in [1.54, 1.807) is 18.2 Å². The normalized spacial score (nSPS) is 12.7. The minimum Gasteiger partial charge on any atom is -0.478 e.